The number of likely N-dealkylation sites (N-methyl/N-ethyl adjacent to an activating group) is 1. The number of aromatic hydroxyl groups is 1. The molecular formula is C22H23ClFN3O5. The van der Waals surface area contributed by atoms with Crippen molar-refractivity contribution in [3.63, 3.8) is 0 Å². The first-order valence-corrected chi connectivity index (χ1v) is 10.6. The molecule has 0 atom stereocenters. The molecule has 170 valence electrons. The van der Waals surface area contributed by atoms with E-state index >= 15 is 0 Å². The molecule has 0 saturated heterocycles. The number of carbonyl (C=O) groups is 2. The summed E-state index contributed by atoms with van der Waals surface area (Å²) in [5.74, 6) is -2.73. The highest BCUT2D eigenvalue weighted by Gasteiger charge is 2.52. The van der Waals surface area contributed by atoms with Crippen molar-refractivity contribution in [3.05, 3.63) is 62.3 Å². The molecule has 2 aromatic rings. The molecule has 0 bridgehead atoms. The van der Waals surface area contributed by atoms with Crippen LogP contribution in [-0.2, 0) is 16.8 Å². The third kappa shape index (κ3) is 3.55. The smallest absolute Gasteiger partial charge is 0.274 e. The summed E-state index contributed by atoms with van der Waals surface area (Å²) < 4.78 is 21.3. The van der Waals surface area contributed by atoms with E-state index < -0.39 is 34.3 Å². The maximum Gasteiger partial charge on any atom is 0.274 e. The number of benzene rings is 1. The molecule has 1 aliphatic carbocycles. The number of hydrogen-bond donors (Lipinski definition) is 2. The molecule has 1 aromatic carbocycles. The first kappa shape index (κ1) is 22.3. The van der Waals surface area contributed by atoms with Gasteiger partial charge in [-0.3, -0.25) is 14.4 Å². The van der Waals surface area contributed by atoms with E-state index in [1.807, 2.05) is 6.92 Å². The average Bonchev–Trinajstić information content (AvgIpc) is 2.73. The van der Waals surface area contributed by atoms with Gasteiger partial charge in [0.05, 0.1) is 16.7 Å². The van der Waals surface area contributed by atoms with Crippen molar-refractivity contribution in [3.8, 4) is 5.75 Å². The SMILES string of the molecule is CCO[C@H]1C[C@@]2(CN(C)C(=O)c3c(O)c(=O)c(C(=O)NCc4cccc(Cl)c4F)cn32)C1. The summed E-state index contributed by atoms with van der Waals surface area (Å²) in [5, 5.41) is 13.0. The van der Waals surface area contributed by atoms with Crippen LogP contribution in [0.15, 0.2) is 29.2 Å². The van der Waals surface area contributed by atoms with Gasteiger partial charge in [0.25, 0.3) is 11.8 Å². The lowest BCUT2D eigenvalue weighted by Gasteiger charge is -2.53. The number of rotatable bonds is 5. The molecule has 8 nitrogen and oxygen atoms in total. The fraction of sp³-hybridized carbons (Fsp3) is 0.409. The molecule has 2 N–H and O–H groups in total. The molecule has 10 heteroatoms. The Morgan fingerprint density at radius 2 is 2.09 bits per heavy atom. The molecule has 0 radical (unpaired) electrons. The number of fused-ring (bicyclic) bond motifs is 2. The van der Waals surface area contributed by atoms with Gasteiger partial charge in [0, 0.05) is 38.5 Å². The maximum absolute atomic E-state index is 14.1. The van der Waals surface area contributed by atoms with E-state index in [4.69, 9.17) is 16.3 Å². The molecule has 1 spiro atoms. The number of pyridine rings is 1. The van der Waals surface area contributed by atoms with Gasteiger partial charge in [-0.1, -0.05) is 23.7 Å². The second kappa shape index (κ2) is 8.22. The lowest BCUT2D eigenvalue weighted by molar-refractivity contribution is -0.0825. The van der Waals surface area contributed by atoms with Crippen molar-refractivity contribution < 1.29 is 23.8 Å². The first-order valence-electron chi connectivity index (χ1n) is 10.3. The molecule has 1 fully saturated rings. The third-order valence-corrected chi connectivity index (χ3v) is 6.40. The van der Waals surface area contributed by atoms with Crippen molar-refractivity contribution in [2.45, 2.75) is 38.0 Å². The van der Waals surface area contributed by atoms with E-state index in [-0.39, 0.29) is 34.5 Å². The van der Waals surface area contributed by atoms with Gasteiger partial charge in [0.2, 0.25) is 5.43 Å². The second-order valence-electron chi connectivity index (χ2n) is 8.21. The minimum Gasteiger partial charge on any atom is -0.503 e. The minimum atomic E-state index is -0.959. The van der Waals surface area contributed by atoms with Crippen LogP contribution < -0.4 is 10.7 Å². The number of ether oxygens (including phenoxy) is 1. The molecule has 32 heavy (non-hydrogen) atoms. The van der Waals surface area contributed by atoms with Crippen LogP contribution in [-0.4, -0.2) is 52.7 Å². The highest BCUT2D eigenvalue weighted by atomic mass is 35.5. The highest BCUT2D eigenvalue weighted by Crippen LogP contribution is 2.45. The molecule has 2 aliphatic rings. The summed E-state index contributed by atoms with van der Waals surface area (Å²) in [7, 11) is 1.60. The van der Waals surface area contributed by atoms with Crippen molar-refractivity contribution >= 4 is 23.4 Å². The molecule has 1 saturated carbocycles. The Balaban J connectivity index is 1.68. The van der Waals surface area contributed by atoms with Gasteiger partial charge in [-0.25, -0.2) is 4.39 Å². The van der Waals surface area contributed by atoms with E-state index in [0.717, 1.165) is 0 Å². The van der Waals surface area contributed by atoms with E-state index in [1.165, 1.54) is 27.8 Å². The van der Waals surface area contributed by atoms with Gasteiger partial charge in [-0.15, -0.1) is 0 Å². The Kier molecular flexibility index (Phi) is 5.72. The Bertz CT molecular complexity index is 1160. The predicted molar refractivity (Wildman–Crippen MR) is 115 cm³/mol. The summed E-state index contributed by atoms with van der Waals surface area (Å²) in [6.07, 6.45) is 2.44. The largest absolute Gasteiger partial charge is 0.503 e. The van der Waals surface area contributed by atoms with Crippen molar-refractivity contribution in [2.24, 2.45) is 0 Å². The zero-order chi connectivity index (χ0) is 23.2. The molecule has 1 aromatic heterocycles. The second-order valence-corrected chi connectivity index (χ2v) is 8.61. The summed E-state index contributed by atoms with van der Waals surface area (Å²) in [5.41, 5.74) is -1.86. The topological polar surface area (TPSA) is 101 Å². The Morgan fingerprint density at radius 3 is 2.78 bits per heavy atom. The summed E-state index contributed by atoms with van der Waals surface area (Å²) in [4.78, 5) is 39.7. The number of aromatic nitrogens is 1. The predicted octanol–water partition coefficient (Wildman–Crippen LogP) is 2.26. The Hall–Kier alpha value is -2.91. The quantitative estimate of drug-likeness (QED) is 0.708. The van der Waals surface area contributed by atoms with Crippen molar-refractivity contribution in [2.75, 3.05) is 20.2 Å². The zero-order valence-corrected chi connectivity index (χ0v) is 18.4. The number of nitrogens with one attached hydrogen (secondary N) is 1. The number of amides is 2. The number of hydrogen-bond acceptors (Lipinski definition) is 5. The van der Waals surface area contributed by atoms with E-state index in [1.54, 1.807) is 13.1 Å². The fourth-order valence-electron chi connectivity index (χ4n) is 4.53. The van der Waals surface area contributed by atoms with Crippen LogP contribution in [0.1, 0.15) is 46.2 Å². The maximum atomic E-state index is 14.1. The van der Waals surface area contributed by atoms with Gasteiger partial charge in [0.15, 0.2) is 11.4 Å². The van der Waals surface area contributed by atoms with Crippen LogP contribution in [0, 0.1) is 5.82 Å². The average molecular weight is 464 g/mol. The van der Waals surface area contributed by atoms with Crippen LogP contribution in [0.25, 0.3) is 0 Å². The number of carbonyl (C=O) groups excluding carboxylic acids is 2. The number of nitrogens with zero attached hydrogens (tertiary/aromatic N) is 2. The summed E-state index contributed by atoms with van der Waals surface area (Å²) in [6.45, 7) is 2.60. The van der Waals surface area contributed by atoms with E-state index in [2.05, 4.69) is 5.32 Å². The lowest BCUT2D eigenvalue weighted by atomic mass is 9.72. The molecule has 2 heterocycles. The summed E-state index contributed by atoms with van der Waals surface area (Å²) in [6, 6.07) is 4.39. The highest BCUT2D eigenvalue weighted by molar-refractivity contribution is 6.30. The third-order valence-electron chi connectivity index (χ3n) is 6.11. The van der Waals surface area contributed by atoms with Crippen LogP contribution in [0.2, 0.25) is 5.02 Å². The first-order chi connectivity index (χ1) is 15.2. The van der Waals surface area contributed by atoms with Crippen LogP contribution >= 0.6 is 11.6 Å². The van der Waals surface area contributed by atoms with Crippen LogP contribution in [0.4, 0.5) is 4.39 Å². The van der Waals surface area contributed by atoms with Gasteiger partial charge in [0.1, 0.15) is 11.4 Å². The van der Waals surface area contributed by atoms with Crippen LogP contribution in [0.3, 0.4) is 0 Å². The fourth-order valence-corrected chi connectivity index (χ4v) is 4.73. The Morgan fingerprint density at radius 1 is 1.38 bits per heavy atom. The van der Waals surface area contributed by atoms with E-state index in [9.17, 15) is 23.9 Å². The van der Waals surface area contributed by atoms with Gasteiger partial charge >= 0.3 is 0 Å². The van der Waals surface area contributed by atoms with Crippen molar-refractivity contribution in [1.82, 2.24) is 14.8 Å². The van der Waals surface area contributed by atoms with E-state index in [0.29, 0.717) is 26.0 Å². The van der Waals surface area contributed by atoms with Crippen LogP contribution in [0.5, 0.6) is 5.75 Å². The molecule has 0 unspecified atom stereocenters. The molecule has 4 rings (SSSR count). The minimum absolute atomic E-state index is 0.0147. The standard InChI is InChI=1S/C22H23ClFN3O5/c1-3-32-13-7-22(8-13)11-26(2)21(31)17-19(29)18(28)14(10-27(17)22)20(30)25-9-12-5-4-6-15(23)16(12)24/h4-6,10,13,29H,3,7-9,11H2,1-2H3,(H,25,30)/t13-,22-. The lowest BCUT2D eigenvalue weighted by Crippen LogP contribution is -2.61. The van der Waals surface area contributed by atoms with Gasteiger partial charge < -0.3 is 24.6 Å². The number of halogens is 2. The molecular weight excluding hydrogens is 441 g/mol. The monoisotopic (exact) mass is 463 g/mol. The van der Waals surface area contributed by atoms with Gasteiger partial charge in [-0.2, -0.15) is 0 Å². The molecule has 2 amide bonds. The zero-order valence-electron chi connectivity index (χ0n) is 17.7. The van der Waals surface area contributed by atoms with Crippen molar-refractivity contribution in [1.29, 1.82) is 0 Å². The molecule has 1 aliphatic heterocycles. The Labute approximate surface area is 188 Å². The normalized spacial score (nSPS) is 21.9. The summed E-state index contributed by atoms with van der Waals surface area (Å²) >= 11 is 5.76. The van der Waals surface area contributed by atoms with Gasteiger partial charge in [-0.05, 0) is 25.8 Å².